The molecule has 0 aromatic rings. The van der Waals surface area contributed by atoms with Crippen LogP contribution in [0.25, 0.3) is 0 Å². The molecular formula is C7H14Cl. The third kappa shape index (κ3) is 6.29. The van der Waals surface area contributed by atoms with Crippen LogP contribution in [0.5, 0.6) is 0 Å². The maximum Gasteiger partial charge on any atom is 0.0310 e. The van der Waals surface area contributed by atoms with Crippen molar-refractivity contribution in [2.45, 2.75) is 38.5 Å². The van der Waals surface area contributed by atoms with Crippen LogP contribution in [0.2, 0.25) is 0 Å². The van der Waals surface area contributed by atoms with Crippen LogP contribution in [0, 0.1) is 6.42 Å². The molecule has 0 nitrogen and oxygen atoms in total. The van der Waals surface area contributed by atoms with Crippen molar-refractivity contribution in [3.8, 4) is 0 Å². The Bertz CT molecular complexity index is 41.7. The van der Waals surface area contributed by atoms with Gasteiger partial charge >= 0.3 is 0 Å². The van der Waals surface area contributed by atoms with E-state index in [0.717, 1.165) is 6.42 Å². The van der Waals surface area contributed by atoms with Gasteiger partial charge in [-0.05, 0) is 19.8 Å². The van der Waals surface area contributed by atoms with E-state index in [-0.39, 0.29) is 0 Å². The molecule has 1 heteroatoms. The van der Waals surface area contributed by atoms with E-state index >= 15 is 0 Å². The van der Waals surface area contributed by atoms with E-state index < -0.39 is 0 Å². The summed E-state index contributed by atoms with van der Waals surface area (Å²) in [5.41, 5.74) is 0. The minimum atomic E-state index is 0.321. The molecular weight excluding hydrogens is 120 g/mol. The molecule has 0 aliphatic rings. The lowest BCUT2D eigenvalue weighted by atomic mass is 10.2. The molecule has 0 saturated carbocycles. The monoisotopic (exact) mass is 133 g/mol. The number of unbranched alkanes of at least 4 members (excludes halogenated alkanes) is 2. The standard InChI is InChI=1S/C7H14Cl/c1-3-4-5-6-7(2)8/h5,7H,3-4,6H2,1-2H3. The second-order valence-electron chi connectivity index (χ2n) is 2.09. The first-order chi connectivity index (χ1) is 3.77. The smallest absolute Gasteiger partial charge is 0.0310 e. The summed E-state index contributed by atoms with van der Waals surface area (Å²) in [6, 6.07) is 0. The largest absolute Gasteiger partial charge is 0.123 e. The van der Waals surface area contributed by atoms with Crippen molar-refractivity contribution in [1.29, 1.82) is 0 Å². The van der Waals surface area contributed by atoms with E-state index in [1.165, 1.54) is 12.8 Å². The Kier molecular flexibility index (Phi) is 5.62. The molecule has 8 heavy (non-hydrogen) atoms. The van der Waals surface area contributed by atoms with Gasteiger partial charge in [0.05, 0.1) is 0 Å². The third-order valence-corrected chi connectivity index (χ3v) is 1.16. The van der Waals surface area contributed by atoms with Crippen LogP contribution in [0.3, 0.4) is 0 Å². The Labute approximate surface area is 57.2 Å². The molecule has 0 rings (SSSR count). The first-order valence-electron chi connectivity index (χ1n) is 3.23. The fraction of sp³-hybridized carbons (Fsp3) is 0.857. The van der Waals surface area contributed by atoms with Crippen molar-refractivity contribution >= 4 is 11.6 Å². The van der Waals surface area contributed by atoms with Gasteiger partial charge in [0.1, 0.15) is 0 Å². The summed E-state index contributed by atoms with van der Waals surface area (Å²) in [5, 5.41) is 0.321. The highest BCUT2D eigenvalue weighted by molar-refractivity contribution is 6.20. The van der Waals surface area contributed by atoms with E-state index in [0.29, 0.717) is 5.38 Å². The maximum atomic E-state index is 5.68. The fourth-order valence-corrected chi connectivity index (χ4v) is 0.678. The average Bonchev–Trinajstić information content (AvgIpc) is 1.66. The molecule has 0 saturated heterocycles. The molecule has 0 aromatic carbocycles. The molecule has 1 atom stereocenters. The molecule has 0 amide bonds. The van der Waals surface area contributed by atoms with Crippen LogP contribution >= 0.6 is 11.6 Å². The van der Waals surface area contributed by atoms with E-state index in [1.54, 1.807) is 0 Å². The Balaban J connectivity index is 2.72. The predicted molar refractivity (Wildman–Crippen MR) is 39.1 cm³/mol. The van der Waals surface area contributed by atoms with Gasteiger partial charge < -0.3 is 0 Å². The summed E-state index contributed by atoms with van der Waals surface area (Å²) >= 11 is 5.68. The van der Waals surface area contributed by atoms with Gasteiger partial charge in [-0.15, -0.1) is 11.6 Å². The number of rotatable bonds is 4. The van der Waals surface area contributed by atoms with Gasteiger partial charge in [0, 0.05) is 5.38 Å². The van der Waals surface area contributed by atoms with Gasteiger partial charge in [0.15, 0.2) is 0 Å². The first-order valence-corrected chi connectivity index (χ1v) is 3.66. The van der Waals surface area contributed by atoms with Gasteiger partial charge in [0.2, 0.25) is 0 Å². The van der Waals surface area contributed by atoms with E-state index in [9.17, 15) is 0 Å². The summed E-state index contributed by atoms with van der Waals surface area (Å²) in [7, 11) is 0. The highest BCUT2D eigenvalue weighted by atomic mass is 35.5. The maximum absolute atomic E-state index is 5.68. The molecule has 0 spiro atoms. The number of halogens is 1. The molecule has 0 bridgehead atoms. The number of hydrogen-bond acceptors (Lipinski definition) is 0. The molecule has 0 fully saturated rings. The Morgan fingerprint density at radius 2 is 2.25 bits per heavy atom. The van der Waals surface area contributed by atoms with Crippen molar-refractivity contribution in [3.63, 3.8) is 0 Å². The molecule has 0 N–H and O–H groups in total. The van der Waals surface area contributed by atoms with Gasteiger partial charge in [0.25, 0.3) is 0 Å². The second-order valence-corrected chi connectivity index (χ2v) is 2.84. The SMILES string of the molecule is CCC[CH]CC(C)Cl. The van der Waals surface area contributed by atoms with E-state index in [2.05, 4.69) is 13.3 Å². The van der Waals surface area contributed by atoms with E-state index in [4.69, 9.17) is 11.6 Å². The minimum Gasteiger partial charge on any atom is -0.123 e. The number of hydrogen-bond donors (Lipinski definition) is 0. The van der Waals surface area contributed by atoms with Gasteiger partial charge in [-0.3, -0.25) is 0 Å². The zero-order valence-electron chi connectivity index (χ0n) is 5.65. The molecule has 1 unspecified atom stereocenters. The van der Waals surface area contributed by atoms with Gasteiger partial charge in [-0.2, -0.15) is 0 Å². The molecule has 0 aliphatic carbocycles. The molecule has 49 valence electrons. The summed E-state index contributed by atoms with van der Waals surface area (Å²) in [4.78, 5) is 0. The highest BCUT2D eigenvalue weighted by Gasteiger charge is 1.93. The summed E-state index contributed by atoms with van der Waals surface area (Å²) < 4.78 is 0. The second kappa shape index (κ2) is 5.43. The van der Waals surface area contributed by atoms with Crippen molar-refractivity contribution in [1.82, 2.24) is 0 Å². The minimum absolute atomic E-state index is 0.321. The van der Waals surface area contributed by atoms with Crippen LogP contribution < -0.4 is 0 Å². The lowest BCUT2D eigenvalue weighted by Gasteiger charge is -1.98. The third-order valence-electron chi connectivity index (χ3n) is 0.984. The normalized spacial score (nSPS) is 13.9. The zero-order valence-corrected chi connectivity index (χ0v) is 6.41. The van der Waals surface area contributed by atoms with Gasteiger partial charge in [-0.25, -0.2) is 0 Å². The summed E-state index contributed by atoms with van der Waals surface area (Å²) in [5.74, 6) is 0. The predicted octanol–water partition coefficient (Wildman–Crippen LogP) is 3.01. The quantitative estimate of drug-likeness (QED) is 0.409. The van der Waals surface area contributed by atoms with Crippen molar-refractivity contribution in [3.05, 3.63) is 6.42 Å². The van der Waals surface area contributed by atoms with Gasteiger partial charge in [-0.1, -0.05) is 19.8 Å². The molecule has 1 radical (unpaired) electrons. The lowest BCUT2D eigenvalue weighted by molar-refractivity contribution is 0.801. The number of alkyl halides is 1. The zero-order chi connectivity index (χ0) is 6.41. The average molecular weight is 134 g/mol. The topological polar surface area (TPSA) is 0 Å². The Morgan fingerprint density at radius 1 is 1.62 bits per heavy atom. The van der Waals surface area contributed by atoms with Crippen LogP contribution in [-0.4, -0.2) is 5.38 Å². The van der Waals surface area contributed by atoms with Crippen molar-refractivity contribution in [2.75, 3.05) is 0 Å². The lowest BCUT2D eigenvalue weighted by Crippen LogP contribution is -1.89. The fourth-order valence-electron chi connectivity index (χ4n) is 0.552. The van der Waals surface area contributed by atoms with Crippen LogP contribution in [-0.2, 0) is 0 Å². The van der Waals surface area contributed by atoms with E-state index in [1.807, 2.05) is 6.92 Å². The Morgan fingerprint density at radius 3 is 2.62 bits per heavy atom. The van der Waals surface area contributed by atoms with Crippen molar-refractivity contribution in [2.24, 2.45) is 0 Å². The van der Waals surface area contributed by atoms with Crippen molar-refractivity contribution < 1.29 is 0 Å². The van der Waals surface area contributed by atoms with Crippen LogP contribution in [0.15, 0.2) is 0 Å². The molecule has 0 heterocycles. The Hall–Kier alpha value is 0.290. The highest BCUT2D eigenvalue weighted by Crippen LogP contribution is 2.05. The van der Waals surface area contributed by atoms with Crippen LogP contribution in [0.1, 0.15) is 33.1 Å². The summed E-state index contributed by atoms with van der Waals surface area (Å²) in [6.07, 6.45) is 5.74. The summed E-state index contributed by atoms with van der Waals surface area (Å²) in [6.45, 7) is 4.20. The molecule has 0 aromatic heterocycles. The van der Waals surface area contributed by atoms with Crippen LogP contribution in [0.4, 0.5) is 0 Å². The first kappa shape index (κ1) is 8.29. The molecule has 0 aliphatic heterocycles.